The summed E-state index contributed by atoms with van der Waals surface area (Å²) >= 11 is 12.4. The summed E-state index contributed by atoms with van der Waals surface area (Å²) in [6, 6.07) is 37.7. The zero-order valence-electron chi connectivity index (χ0n) is 59.1. The molecule has 0 radical (unpaired) electrons. The number of benzene rings is 4. The first kappa shape index (κ1) is 81.0. The van der Waals surface area contributed by atoms with Crippen molar-refractivity contribution in [3.05, 3.63) is 231 Å². The summed E-state index contributed by atoms with van der Waals surface area (Å²) in [6.45, 7) is 16.5. The number of halogens is 3. The third-order valence-corrected chi connectivity index (χ3v) is 17.5. The van der Waals surface area contributed by atoms with E-state index in [0.29, 0.717) is 33.9 Å². The minimum absolute atomic E-state index is 0. The van der Waals surface area contributed by atoms with Crippen molar-refractivity contribution in [2.45, 2.75) is 175 Å². The van der Waals surface area contributed by atoms with Crippen molar-refractivity contribution < 1.29 is 28.6 Å². The Balaban J connectivity index is 0.000000203. The standard InChI is InChI=1S/C27H33N3O3.C15H18N2O3.C12H16ClN.C10H8BrNO.C9H6BrNO.C5H11NO2.CH4/c1-27(2,3)33-26(32)30(23-12-13-24-20(16-23)14-15-29(4)25(24)31)18-22-11-10-21(17-28-22)19-8-6-5-7-9-19;1-15(2,3)20-14(19)16-11-5-6-12-10(9-11)7-8-17(4)13(12)18;13-8-12-7-6-11(9-14-12)10-4-2-1-3-5-10;1-12-5-4-7-6-8(11)2-3-9(7)10(12)13;10-7-1-2-8-6(5-7)3-4-11-9(8)12;1-5(2,3)8-4(6)7;/h10-17,19H,5-9,18H2,1-4H3;5-9H,1-4H3,(H,16,19);6-7,9-10H,1-5,8H2;2-6H,1H3;1-5H,(H,11,12);1-3H3,(H2,6,7);1H4. The molecule has 2 saturated carbocycles. The van der Waals surface area contributed by atoms with Crippen molar-refractivity contribution in [1.82, 2.24) is 28.7 Å². The Hall–Kier alpha value is -8.92. The molecule has 12 rings (SSSR count). The van der Waals surface area contributed by atoms with E-state index in [1.54, 1.807) is 138 Å². The highest BCUT2D eigenvalue weighted by Gasteiger charge is 2.26. The fourth-order valence-electron chi connectivity index (χ4n) is 11.3. The number of fused-ring (bicyclic) bond motifs is 4. The Morgan fingerprint density at radius 3 is 1.41 bits per heavy atom. The molecular formula is C79H96Br2ClN9O10. The van der Waals surface area contributed by atoms with Crippen molar-refractivity contribution >= 4 is 116 Å². The van der Waals surface area contributed by atoms with Gasteiger partial charge in [0.05, 0.1) is 23.8 Å². The van der Waals surface area contributed by atoms with Gasteiger partial charge in [-0.15, -0.1) is 11.6 Å². The van der Waals surface area contributed by atoms with Crippen LogP contribution in [0.4, 0.5) is 25.8 Å². The molecule has 101 heavy (non-hydrogen) atoms. The van der Waals surface area contributed by atoms with E-state index in [1.165, 1.54) is 79.9 Å². The predicted octanol–water partition coefficient (Wildman–Crippen LogP) is 18.8. The number of carbonyl (C=O) groups is 3. The maximum atomic E-state index is 13.1. The number of rotatable bonds is 7. The number of alkyl halides is 1. The molecule has 4 N–H and O–H groups in total. The molecule has 6 heterocycles. The monoisotopic (exact) mass is 1520 g/mol. The van der Waals surface area contributed by atoms with E-state index in [1.807, 2.05) is 99.9 Å². The summed E-state index contributed by atoms with van der Waals surface area (Å²) in [5.41, 5.74) is 8.69. The number of hydrogen-bond donors (Lipinski definition) is 3. The SMILES string of the molecule is C.CC(C)(C)OC(N)=O.ClCc1ccc(C2CCCCC2)cn1.Cn1ccc2cc(Br)ccc2c1=O.Cn1ccc2cc(N(Cc3ccc(C4CCCCC4)cn3)C(=O)OC(C)(C)C)ccc2c1=O.Cn1ccc2cc(NC(=O)OC(C)(C)C)ccc2c1=O.O=c1[nH]ccc2cc(Br)ccc12. The van der Waals surface area contributed by atoms with E-state index >= 15 is 0 Å². The number of nitrogens with one attached hydrogen (secondary N) is 2. The number of aryl methyl sites for hydroxylation is 3. The number of nitrogens with two attached hydrogens (primary N) is 1. The van der Waals surface area contributed by atoms with Crippen LogP contribution in [0, 0.1) is 0 Å². The van der Waals surface area contributed by atoms with Crippen LogP contribution in [0.25, 0.3) is 43.1 Å². The minimum atomic E-state index is -0.725. The highest BCUT2D eigenvalue weighted by atomic mass is 79.9. The molecule has 19 nitrogen and oxygen atoms in total. The lowest BCUT2D eigenvalue weighted by Crippen LogP contribution is -2.36. The van der Waals surface area contributed by atoms with Crippen LogP contribution in [0.2, 0.25) is 0 Å². The lowest BCUT2D eigenvalue weighted by Gasteiger charge is -2.28. The number of nitrogens with zero attached hydrogens (tertiary/aromatic N) is 6. The van der Waals surface area contributed by atoms with Gasteiger partial charge in [0.1, 0.15) is 16.8 Å². The molecule has 2 aliphatic carbocycles. The third-order valence-electron chi connectivity index (χ3n) is 16.2. The van der Waals surface area contributed by atoms with Crippen LogP contribution in [-0.4, -0.2) is 63.7 Å². The first-order chi connectivity index (χ1) is 47.2. The summed E-state index contributed by atoms with van der Waals surface area (Å²) in [5.74, 6) is 1.86. The van der Waals surface area contributed by atoms with Gasteiger partial charge in [0.25, 0.3) is 22.2 Å². The lowest BCUT2D eigenvalue weighted by atomic mass is 9.85. The van der Waals surface area contributed by atoms with Crippen LogP contribution in [0.1, 0.15) is 168 Å². The summed E-state index contributed by atoms with van der Waals surface area (Å²) in [4.78, 5) is 95.2. The molecule has 0 saturated heterocycles. The number of anilines is 2. The van der Waals surface area contributed by atoms with Crippen LogP contribution in [0.5, 0.6) is 0 Å². The fraction of sp³-hybridized carbons (Fsp3) is 0.380. The van der Waals surface area contributed by atoms with Gasteiger partial charge in [-0.25, -0.2) is 14.4 Å². The van der Waals surface area contributed by atoms with Crippen molar-refractivity contribution in [3.8, 4) is 0 Å². The first-order valence-corrected chi connectivity index (χ1v) is 35.5. The Morgan fingerprint density at radius 2 is 0.970 bits per heavy atom. The number of H-pyrrole nitrogens is 1. The predicted molar refractivity (Wildman–Crippen MR) is 417 cm³/mol. The van der Waals surface area contributed by atoms with E-state index in [4.69, 9.17) is 26.8 Å². The van der Waals surface area contributed by atoms with Crippen molar-refractivity contribution in [2.24, 2.45) is 26.9 Å². The number of aromatic nitrogens is 6. The van der Waals surface area contributed by atoms with Crippen molar-refractivity contribution in [3.63, 3.8) is 0 Å². The Kier molecular flexibility index (Phi) is 29.8. The van der Waals surface area contributed by atoms with Crippen molar-refractivity contribution in [2.75, 3.05) is 10.2 Å². The second-order valence-electron chi connectivity index (χ2n) is 27.7. The van der Waals surface area contributed by atoms with Crippen LogP contribution in [-0.2, 0) is 47.8 Å². The highest BCUT2D eigenvalue weighted by molar-refractivity contribution is 9.10. The number of pyridine rings is 6. The maximum Gasteiger partial charge on any atom is 0.415 e. The zero-order valence-corrected chi connectivity index (χ0v) is 63.1. The molecule has 10 aromatic rings. The van der Waals surface area contributed by atoms with Crippen LogP contribution < -0.4 is 38.2 Å². The first-order valence-electron chi connectivity index (χ1n) is 33.4. The van der Waals surface area contributed by atoms with E-state index < -0.39 is 35.1 Å². The molecule has 4 aromatic carbocycles. The number of hydrogen-bond acceptors (Lipinski definition) is 12. The fourth-order valence-corrected chi connectivity index (χ4v) is 12.2. The summed E-state index contributed by atoms with van der Waals surface area (Å²) in [7, 11) is 5.18. The molecule has 0 aliphatic heterocycles. The Bertz CT molecular complexity index is 4680. The lowest BCUT2D eigenvalue weighted by molar-refractivity contribution is 0.0572. The Morgan fingerprint density at radius 1 is 0.545 bits per heavy atom. The van der Waals surface area contributed by atoms with Gasteiger partial charge in [-0.1, -0.05) is 89.9 Å². The molecule has 538 valence electrons. The van der Waals surface area contributed by atoms with Crippen LogP contribution in [0.3, 0.4) is 0 Å². The molecule has 0 bridgehead atoms. The third kappa shape index (κ3) is 25.3. The normalized spacial score (nSPS) is 13.1. The summed E-state index contributed by atoms with van der Waals surface area (Å²) < 4.78 is 22.1. The number of primary amides is 1. The van der Waals surface area contributed by atoms with Gasteiger partial charge in [0.2, 0.25) is 0 Å². The average molecular weight is 1530 g/mol. The number of ether oxygens (including phenoxy) is 3. The van der Waals surface area contributed by atoms with Crippen molar-refractivity contribution in [1.29, 1.82) is 0 Å². The number of amides is 3. The van der Waals surface area contributed by atoms with Gasteiger partial charge < -0.3 is 38.6 Å². The van der Waals surface area contributed by atoms with Gasteiger partial charge in [0.15, 0.2) is 0 Å². The highest BCUT2D eigenvalue weighted by Crippen LogP contribution is 2.34. The smallest absolute Gasteiger partial charge is 0.415 e. The van der Waals surface area contributed by atoms with Crippen LogP contribution in [0.15, 0.2) is 187 Å². The zero-order chi connectivity index (χ0) is 73.1. The molecular weight excluding hydrogens is 1430 g/mol. The Labute approximate surface area is 613 Å². The van der Waals surface area contributed by atoms with E-state index in [0.717, 1.165) is 58.6 Å². The van der Waals surface area contributed by atoms with Gasteiger partial charge in [0, 0.05) is 100 Å². The number of aromatic amines is 1. The molecule has 0 spiro atoms. The van der Waals surface area contributed by atoms with Gasteiger partial charge in [-0.3, -0.25) is 39.4 Å². The maximum absolute atomic E-state index is 13.1. The second-order valence-corrected chi connectivity index (χ2v) is 29.8. The average Bonchev–Trinajstić information content (AvgIpc) is 0.807. The van der Waals surface area contributed by atoms with Gasteiger partial charge >= 0.3 is 18.3 Å². The van der Waals surface area contributed by atoms with E-state index in [-0.39, 0.29) is 36.2 Å². The van der Waals surface area contributed by atoms with Gasteiger partial charge in [-0.2, -0.15) is 0 Å². The molecule has 2 aliphatic rings. The molecule has 6 aromatic heterocycles. The second kappa shape index (κ2) is 37.1. The molecule has 22 heteroatoms. The molecule has 2 fully saturated rings. The molecule has 0 unspecified atom stereocenters. The van der Waals surface area contributed by atoms with Crippen LogP contribution >= 0.6 is 43.5 Å². The van der Waals surface area contributed by atoms with E-state index in [2.05, 4.69) is 75.1 Å². The number of carbonyl (C=O) groups excluding carboxylic acids is 3. The quantitative estimate of drug-likeness (QED) is 0.0996. The molecule has 0 atom stereocenters. The largest absolute Gasteiger partial charge is 0.444 e. The summed E-state index contributed by atoms with van der Waals surface area (Å²) in [6.07, 6.45) is 22.3. The molecule has 3 amide bonds. The topological polar surface area (TPSA) is 245 Å². The minimum Gasteiger partial charge on any atom is -0.444 e. The van der Waals surface area contributed by atoms with Gasteiger partial charge in [-0.05, 0) is 242 Å². The summed E-state index contributed by atoms with van der Waals surface area (Å²) in [5, 5.41) is 8.85. The van der Waals surface area contributed by atoms with E-state index in [9.17, 15) is 33.6 Å².